The second-order valence-electron chi connectivity index (χ2n) is 9.86. The van der Waals surface area contributed by atoms with E-state index in [1.807, 2.05) is 6.07 Å². The molecule has 0 saturated carbocycles. The molecule has 0 fully saturated rings. The molecule has 0 spiro atoms. The molecule has 8 rings (SSSR count). The molecule has 0 radical (unpaired) electrons. The van der Waals surface area contributed by atoms with Crippen LogP contribution < -0.4 is 0 Å². The Labute approximate surface area is 220 Å². The number of furan rings is 1. The van der Waals surface area contributed by atoms with E-state index in [1.165, 1.54) is 60.5 Å². The van der Waals surface area contributed by atoms with Crippen LogP contribution in [0.15, 0.2) is 144 Å². The van der Waals surface area contributed by atoms with E-state index in [1.54, 1.807) is 0 Å². The minimum Gasteiger partial charge on any atom is -0.545 e. The van der Waals surface area contributed by atoms with Gasteiger partial charge in [0.2, 0.25) is 0 Å². The van der Waals surface area contributed by atoms with E-state index in [0.29, 0.717) is 0 Å². The van der Waals surface area contributed by atoms with Gasteiger partial charge in [-0.25, -0.2) is 0 Å². The van der Waals surface area contributed by atoms with Gasteiger partial charge in [-0.05, 0) is 70.8 Å². The smallest absolute Gasteiger partial charge is 0.269 e. The number of rotatable bonds is 3. The molecular formula is C36H24NO+. The van der Waals surface area contributed by atoms with E-state index in [9.17, 15) is 0 Å². The maximum absolute atomic E-state index is 4.80. The lowest BCUT2D eigenvalue weighted by atomic mass is 10.0. The lowest BCUT2D eigenvalue weighted by molar-refractivity contribution is 0.669. The van der Waals surface area contributed by atoms with Crippen LogP contribution in [0.2, 0.25) is 0 Å². The van der Waals surface area contributed by atoms with Crippen LogP contribution in [0.5, 0.6) is 0 Å². The summed E-state index contributed by atoms with van der Waals surface area (Å²) in [6, 6.07) is 50.0. The van der Waals surface area contributed by atoms with Crippen molar-refractivity contribution in [2.24, 2.45) is 0 Å². The fourth-order valence-electron chi connectivity index (χ4n) is 5.82. The number of nitrogens with zero attached hydrogens (tertiary/aromatic N) is 1. The van der Waals surface area contributed by atoms with E-state index < -0.39 is 0 Å². The van der Waals surface area contributed by atoms with Crippen molar-refractivity contribution in [3.05, 3.63) is 140 Å². The van der Waals surface area contributed by atoms with E-state index in [0.717, 1.165) is 11.2 Å². The first-order valence-electron chi connectivity index (χ1n) is 13.0. The third-order valence-corrected chi connectivity index (χ3v) is 7.67. The third-order valence-electron chi connectivity index (χ3n) is 7.67. The van der Waals surface area contributed by atoms with Crippen LogP contribution in [-0.2, 0) is 0 Å². The van der Waals surface area contributed by atoms with Gasteiger partial charge in [0.1, 0.15) is 0 Å². The molecule has 6 aromatic carbocycles. The van der Waals surface area contributed by atoms with Gasteiger partial charge in [-0.3, -0.25) is 0 Å². The molecule has 178 valence electrons. The Morgan fingerprint density at radius 3 is 1.79 bits per heavy atom. The van der Waals surface area contributed by atoms with Crippen LogP contribution in [0, 0.1) is 0 Å². The van der Waals surface area contributed by atoms with Crippen molar-refractivity contribution in [1.82, 2.24) is 4.57 Å². The van der Waals surface area contributed by atoms with Gasteiger partial charge in [0.05, 0.1) is 21.8 Å². The van der Waals surface area contributed by atoms with E-state index in [4.69, 9.17) is 4.42 Å². The number of fused-ring (bicyclic) bond motifs is 6. The molecule has 0 aliphatic rings. The Balaban J connectivity index is 1.29. The third kappa shape index (κ3) is 3.21. The predicted octanol–water partition coefficient (Wildman–Crippen LogP) is 10.1. The lowest BCUT2D eigenvalue weighted by Gasteiger charge is -2.10. The van der Waals surface area contributed by atoms with Crippen molar-refractivity contribution in [1.29, 1.82) is 0 Å². The fraction of sp³-hybridized carbons (Fsp3) is 0. The topological polar surface area (TPSA) is 17.7 Å². The molecule has 38 heavy (non-hydrogen) atoms. The van der Waals surface area contributed by atoms with Crippen molar-refractivity contribution in [2.75, 3.05) is 0 Å². The number of para-hydroxylation sites is 2. The molecule has 8 aromatic rings. The van der Waals surface area contributed by atoms with Crippen molar-refractivity contribution in [2.45, 2.75) is 0 Å². The SMILES string of the molecule is c1ccc(-c2ccc(-n3c4ccccc4c4cc(-c5ccc6[oH+]c7ccccc7c6c5)ccc43)cc2)cc1. The first kappa shape index (κ1) is 21.0. The summed E-state index contributed by atoms with van der Waals surface area (Å²) in [5.74, 6) is 0. The summed E-state index contributed by atoms with van der Waals surface area (Å²) in [4.78, 5) is 0. The molecule has 0 saturated heterocycles. The van der Waals surface area contributed by atoms with Crippen molar-refractivity contribution in [3.63, 3.8) is 0 Å². The largest absolute Gasteiger partial charge is 0.545 e. The Morgan fingerprint density at radius 1 is 0.368 bits per heavy atom. The maximum atomic E-state index is 4.80. The standard InChI is InChI=1S/C36H23NO/c1-2-8-24(9-3-1)25-14-18-28(19-15-25)37-33-12-6-4-10-29(33)31-22-26(16-20-34(31)37)27-17-21-36-32(23-27)30-11-5-7-13-35(30)38-36/h1-23H/p+1. The highest BCUT2D eigenvalue weighted by Crippen LogP contribution is 2.37. The van der Waals surface area contributed by atoms with Crippen molar-refractivity contribution < 1.29 is 4.42 Å². The highest BCUT2D eigenvalue weighted by molar-refractivity contribution is 6.11. The molecule has 0 aliphatic carbocycles. The summed E-state index contributed by atoms with van der Waals surface area (Å²) >= 11 is 0. The van der Waals surface area contributed by atoms with Crippen LogP contribution in [0.1, 0.15) is 0 Å². The fourth-order valence-corrected chi connectivity index (χ4v) is 5.82. The highest BCUT2D eigenvalue weighted by atomic mass is 16.3. The summed E-state index contributed by atoms with van der Waals surface area (Å²) < 4.78 is 7.18. The van der Waals surface area contributed by atoms with Crippen LogP contribution in [0.3, 0.4) is 0 Å². The molecule has 0 amide bonds. The lowest BCUT2D eigenvalue weighted by Crippen LogP contribution is -1.93. The van der Waals surface area contributed by atoms with Gasteiger partial charge in [-0.1, -0.05) is 78.9 Å². The first-order valence-corrected chi connectivity index (χ1v) is 13.0. The van der Waals surface area contributed by atoms with Crippen LogP contribution in [0.4, 0.5) is 0 Å². The summed E-state index contributed by atoms with van der Waals surface area (Å²) in [6.07, 6.45) is 0. The van der Waals surface area contributed by atoms with Crippen LogP contribution in [0.25, 0.3) is 71.7 Å². The van der Waals surface area contributed by atoms with Gasteiger partial charge >= 0.3 is 0 Å². The van der Waals surface area contributed by atoms with Gasteiger partial charge in [-0.15, -0.1) is 0 Å². The zero-order valence-corrected chi connectivity index (χ0v) is 20.7. The van der Waals surface area contributed by atoms with Crippen LogP contribution in [-0.4, -0.2) is 4.57 Å². The number of aromatic nitrogens is 1. The second-order valence-corrected chi connectivity index (χ2v) is 9.86. The Bertz CT molecular complexity index is 2110. The quantitative estimate of drug-likeness (QED) is 0.221. The predicted molar refractivity (Wildman–Crippen MR) is 160 cm³/mol. The average molecular weight is 487 g/mol. The molecule has 0 unspecified atom stereocenters. The summed E-state index contributed by atoms with van der Waals surface area (Å²) in [5.41, 5.74) is 10.6. The zero-order valence-electron chi connectivity index (χ0n) is 20.7. The molecular weight excluding hydrogens is 462 g/mol. The number of benzene rings is 6. The van der Waals surface area contributed by atoms with Crippen molar-refractivity contribution >= 4 is 43.7 Å². The molecule has 2 heteroatoms. The molecule has 1 N–H and O–H groups in total. The van der Waals surface area contributed by atoms with E-state index in [-0.39, 0.29) is 0 Å². The van der Waals surface area contributed by atoms with Gasteiger partial charge in [-0.2, -0.15) is 0 Å². The van der Waals surface area contributed by atoms with Gasteiger partial charge < -0.3 is 8.98 Å². The molecule has 0 bridgehead atoms. The number of hydrogen-bond acceptors (Lipinski definition) is 0. The van der Waals surface area contributed by atoms with Crippen molar-refractivity contribution in [3.8, 4) is 27.9 Å². The van der Waals surface area contributed by atoms with Gasteiger partial charge in [0, 0.05) is 28.6 Å². The summed E-state index contributed by atoms with van der Waals surface area (Å²) in [6.45, 7) is 0. The Hall–Kier alpha value is -5.08. The zero-order chi connectivity index (χ0) is 25.1. The Kier molecular flexibility index (Phi) is 4.55. The summed E-state index contributed by atoms with van der Waals surface area (Å²) in [7, 11) is 0. The highest BCUT2D eigenvalue weighted by Gasteiger charge is 2.16. The second kappa shape index (κ2) is 8.22. The molecule has 0 atom stereocenters. The number of hydrogen-bond donors (Lipinski definition) is 0. The first-order chi connectivity index (χ1) is 18.8. The minimum absolute atomic E-state index is 1.05. The minimum atomic E-state index is 1.05. The normalized spacial score (nSPS) is 11.7. The maximum Gasteiger partial charge on any atom is 0.269 e. The summed E-state index contributed by atoms with van der Waals surface area (Å²) in [5, 5.41) is 4.94. The molecule has 2 aromatic heterocycles. The molecule has 0 aliphatic heterocycles. The molecule has 2 heterocycles. The molecule has 2 nitrogen and oxygen atoms in total. The average Bonchev–Trinajstić information content (AvgIpc) is 3.53. The van der Waals surface area contributed by atoms with Gasteiger partial charge in [0.15, 0.2) is 0 Å². The Morgan fingerprint density at radius 2 is 0.947 bits per heavy atom. The van der Waals surface area contributed by atoms with E-state index >= 15 is 0 Å². The van der Waals surface area contributed by atoms with E-state index in [2.05, 4.69) is 138 Å². The van der Waals surface area contributed by atoms with Gasteiger partial charge in [0.25, 0.3) is 11.2 Å². The monoisotopic (exact) mass is 486 g/mol. The van der Waals surface area contributed by atoms with Crippen LogP contribution >= 0.6 is 0 Å².